The number of carbonyl (C=O) groups excluding carboxylic acids is 5. The largest absolute Gasteiger partial charge is 0.444 e. The van der Waals surface area contributed by atoms with Gasteiger partial charge in [0.1, 0.15) is 18.1 Å². The molecule has 2 saturated heterocycles. The van der Waals surface area contributed by atoms with E-state index in [4.69, 9.17) is 10.5 Å². The molecule has 4 unspecified atom stereocenters. The molecule has 0 saturated carbocycles. The molecule has 2 fully saturated rings. The summed E-state index contributed by atoms with van der Waals surface area (Å²) in [7, 11) is 0. The number of nitrogens with one attached hydrogen (secondary N) is 2. The molecular formula is C27H42N6O6. The third-order valence-electron chi connectivity index (χ3n) is 8.06. The Morgan fingerprint density at radius 2 is 2.00 bits per heavy atom. The van der Waals surface area contributed by atoms with Gasteiger partial charge in [-0.05, 0) is 31.1 Å². The minimum Gasteiger partial charge on any atom is -0.444 e. The van der Waals surface area contributed by atoms with Gasteiger partial charge >= 0.3 is 5.97 Å². The van der Waals surface area contributed by atoms with E-state index < -0.39 is 35.8 Å². The summed E-state index contributed by atoms with van der Waals surface area (Å²) in [4.78, 5) is 68.7. The van der Waals surface area contributed by atoms with E-state index in [2.05, 4.69) is 36.4 Å². The van der Waals surface area contributed by atoms with Crippen LogP contribution in [0.25, 0.3) is 0 Å². The van der Waals surface area contributed by atoms with Crippen LogP contribution < -0.4 is 16.4 Å². The van der Waals surface area contributed by atoms with Crippen LogP contribution in [0.2, 0.25) is 0 Å². The number of esters is 1. The maximum Gasteiger partial charge on any atom is 0.311 e. The molecule has 0 bridgehead atoms. The van der Waals surface area contributed by atoms with Gasteiger partial charge in [-0.25, -0.2) is 4.98 Å². The average Bonchev–Trinajstić information content (AvgIpc) is 3.66. The monoisotopic (exact) mass is 546 g/mol. The Balaban J connectivity index is 1.76. The average molecular weight is 547 g/mol. The van der Waals surface area contributed by atoms with Gasteiger partial charge < -0.3 is 30.6 Å². The number of ether oxygens (including phenoxy) is 1. The number of imidazole rings is 1. The zero-order valence-corrected chi connectivity index (χ0v) is 23.4. The number of primary amides is 1. The van der Waals surface area contributed by atoms with E-state index in [1.54, 1.807) is 10.8 Å². The second-order valence-corrected chi connectivity index (χ2v) is 11.1. The number of nitrogens with zero attached hydrogens (tertiary/aromatic N) is 3. The topological polar surface area (TPSA) is 166 Å². The van der Waals surface area contributed by atoms with Crippen LogP contribution in [0.1, 0.15) is 78.3 Å². The highest BCUT2D eigenvalue weighted by Gasteiger charge is 2.39. The Morgan fingerprint density at radius 3 is 2.62 bits per heavy atom. The number of hydrogen-bond donors (Lipinski definition) is 3. The lowest BCUT2D eigenvalue weighted by Gasteiger charge is -2.31. The van der Waals surface area contributed by atoms with Crippen molar-refractivity contribution in [1.29, 1.82) is 0 Å². The fraction of sp³-hybridized carbons (Fsp3) is 0.704. The first kappa shape index (κ1) is 30.1. The van der Waals surface area contributed by atoms with Crippen molar-refractivity contribution >= 4 is 29.6 Å². The Labute approximate surface area is 229 Å². The van der Waals surface area contributed by atoms with Gasteiger partial charge in [0.15, 0.2) is 6.73 Å². The van der Waals surface area contributed by atoms with Crippen LogP contribution in [-0.4, -0.2) is 68.7 Å². The number of nitrogens with two attached hydrogens (primary N) is 1. The summed E-state index contributed by atoms with van der Waals surface area (Å²) < 4.78 is 7.31. The van der Waals surface area contributed by atoms with Crippen molar-refractivity contribution in [3.63, 3.8) is 0 Å². The number of likely N-dealkylation sites (tertiary alicyclic amines) is 1. The SMILES string of the molecule is CCCC(C(=O)OCn1cncc1CC(NC(=O)C1CCC(=O)N1)C(=O)N1CCCC1C(N)=O)C(C)(C)CC. The molecule has 0 aromatic carbocycles. The standard InChI is InChI=1S/C27H42N6O6/c1-5-8-18(27(3,4)6-2)26(38)39-16-32-15-29-14-17(32)13-20(31-24(36)19-10-11-22(34)30-19)25(37)33-12-7-9-21(33)23(28)35/h14-15,18-21H,5-13,16H2,1-4H3,(H2,28,35)(H,30,34)(H,31,36). The molecule has 2 aliphatic rings. The predicted molar refractivity (Wildman–Crippen MR) is 142 cm³/mol. The molecular weight excluding hydrogens is 504 g/mol. The van der Waals surface area contributed by atoms with Crippen LogP contribution >= 0.6 is 0 Å². The second-order valence-electron chi connectivity index (χ2n) is 11.1. The van der Waals surface area contributed by atoms with Gasteiger partial charge in [-0.15, -0.1) is 0 Å². The Bertz CT molecular complexity index is 1070. The quantitative estimate of drug-likeness (QED) is 0.311. The Hall–Kier alpha value is -3.44. The van der Waals surface area contributed by atoms with Crippen molar-refractivity contribution < 1.29 is 28.7 Å². The van der Waals surface area contributed by atoms with Crippen molar-refractivity contribution in [2.45, 2.75) is 104 Å². The van der Waals surface area contributed by atoms with Crippen molar-refractivity contribution in [2.75, 3.05) is 6.54 Å². The third kappa shape index (κ3) is 7.36. The highest BCUT2D eigenvalue weighted by atomic mass is 16.5. The second kappa shape index (κ2) is 13.1. The van der Waals surface area contributed by atoms with Crippen LogP contribution in [0.5, 0.6) is 0 Å². The predicted octanol–water partition coefficient (Wildman–Crippen LogP) is 1.02. The highest BCUT2D eigenvalue weighted by Crippen LogP contribution is 2.34. The zero-order valence-electron chi connectivity index (χ0n) is 23.4. The van der Waals surface area contributed by atoms with E-state index in [9.17, 15) is 24.0 Å². The first-order chi connectivity index (χ1) is 18.5. The van der Waals surface area contributed by atoms with E-state index in [1.807, 2.05) is 6.92 Å². The summed E-state index contributed by atoms with van der Waals surface area (Å²) in [5, 5.41) is 5.37. The number of rotatable bonds is 13. The number of aromatic nitrogens is 2. The lowest BCUT2D eigenvalue weighted by atomic mass is 9.74. The van der Waals surface area contributed by atoms with Gasteiger partial charge in [-0.3, -0.25) is 24.0 Å². The van der Waals surface area contributed by atoms with Gasteiger partial charge in [-0.2, -0.15) is 0 Å². The Kier molecular flexibility index (Phi) is 10.1. The summed E-state index contributed by atoms with van der Waals surface area (Å²) in [6.07, 6.45) is 7.15. The van der Waals surface area contributed by atoms with E-state index >= 15 is 0 Å². The molecule has 216 valence electrons. The van der Waals surface area contributed by atoms with Crippen molar-refractivity contribution in [1.82, 2.24) is 25.1 Å². The van der Waals surface area contributed by atoms with Gasteiger partial charge in [0.05, 0.1) is 12.2 Å². The molecule has 0 aliphatic carbocycles. The summed E-state index contributed by atoms with van der Waals surface area (Å²) in [6, 6.07) is -2.51. The first-order valence-corrected chi connectivity index (χ1v) is 13.8. The number of carbonyl (C=O) groups is 5. The van der Waals surface area contributed by atoms with Crippen LogP contribution in [0, 0.1) is 11.3 Å². The van der Waals surface area contributed by atoms with Crippen LogP contribution in [0.15, 0.2) is 12.5 Å². The van der Waals surface area contributed by atoms with Crippen LogP contribution in [0.3, 0.4) is 0 Å². The maximum absolute atomic E-state index is 13.6. The summed E-state index contributed by atoms with van der Waals surface area (Å²) in [5.41, 5.74) is 5.88. The first-order valence-electron chi connectivity index (χ1n) is 13.8. The highest BCUT2D eigenvalue weighted by molar-refractivity contribution is 5.95. The minimum absolute atomic E-state index is 0.0453. The number of hydrogen-bond acceptors (Lipinski definition) is 7. The maximum atomic E-state index is 13.6. The molecule has 4 atom stereocenters. The number of amides is 4. The lowest BCUT2D eigenvalue weighted by Crippen LogP contribution is -2.56. The minimum atomic E-state index is -1.03. The smallest absolute Gasteiger partial charge is 0.311 e. The molecule has 3 rings (SSSR count). The molecule has 1 aromatic rings. The molecule has 12 nitrogen and oxygen atoms in total. The van der Waals surface area contributed by atoms with Crippen molar-refractivity contribution in [2.24, 2.45) is 17.1 Å². The molecule has 39 heavy (non-hydrogen) atoms. The molecule has 0 spiro atoms. The fourth-order valence-corrected chi connectivity index (χ4v) is 5.25. The van der Waals surface area contributed by atoms with E-state index in [0.29, 0.717) is 37.9 Å². The van der Waals surface area contributed by atoms with Gasteiger partial charge in [-0.1, -0.05) is 40.5 Å². The summed E-state index contributed by atoms with van der Waals surface area (Å²) in [5.74, 6) is -2.28. The van der Waals surface area contributed by atoms with Gasteiger partial charge in [0.2, 0.25) is 23.6 Å². The van der Waals surface area contributed by atoms with Gasteiger partial charge in [0, 0.05) is 31.3 Å². The lowest BCUT2D eigenvalue weighted by molar-refractivity contribution is -0.157. The van der Waals surface area contributed by atoms with Crippen LogP contribution in [-0.2, 0) is 41.9 Å². The molecule has 0 radical (unpaired) electrons. The van der Waals surface area contributed by atoms with Crippen molar-refractivity contribution in [3.8, 4) is 0 Å². The van der Waals surface area contributed by atoms with E-state index in [1.165, 1.54) is 11.2 Å². The fourth-order valence-electron chi connectivity index (χ4n) is 5.25. The third-order valence-corrected chi connectivity index (χ3v) is 8.06. The summed E-state index contributed by atoms with van der Waals surface area (Å²) >= 11 is 0. The van der Waals surface area contributed by atoms with Crippen LogP contribution in [0.4, 0.5) is 0 Å². The van der Waals surface area contributed by atoms with Gasteiger partial charge in [0.25, 0.3) is 0 Å². The summed E-state index contributed by atoms with van der Waals surface area (Å²) in [6.45, 7) is 8.46. The Morgan fingerprint density at radius 1 is 1.26 bits per heavy atom. The molecule has 4 N–H and O–H groups in total. The molecule has 4 amide bonds. The van der Waals surface area contributed by atoms with Crippen molar-refractivity contribution in [3.05, 3.63) is 18.2 Å². The molecule has 12 heteroatoms. The normalized spacial score (nSPS) is 20.8. The zero-order chi connectivity index (χ0) is 28.7. The van der Waals surface area contributed by atoms with E-state index in [-0.39, 0.29) is 42.8 Å². The molecule has 3 heterocycles. The molecule has 2 aliphatic heterocycles. The molecule has 1 aromatic heterocycles. The van der Waals surface area contributed by atoms with E-state index in [0.717, 1.165) is 12.8 Å².